The summed E-state index contributed by atoms with van der Waals surface area (Å²) in [4.78, 5) is 20.1. The minimum Gasteiger partial charge on any atom is -0.325 e. The first-order valence-corrected chi connectivity index (χ1v) is 10.8. The number of thioether (sulfide) groups is 1. The number of carbonyl (C=O) groups excluding carboxylic acids is 1. The molecule has 1 heterocycles. The van der Waals surface area contributed by atoms with Gasteiger partial charge in [-0.3, -0.25) is 4.79 Å². The van der Waals surface area contributed by atoms with Crippen LogP contribution >= 0.6 is 35.0 Å². The number of carbonyl (C=O) groups is 1. The maximum Gasteiger partial charge on any atom is 0.433 e. The number of hydrogen-bond donors (Lipinski definition) is 1. The van der Waals surface area contributed by atoms with E-state index in [2.05, 4.69) is 15.3 Å². The molecule has 0 aliphatic heterocycles. The number of nitrogens with one attached hydrogen (secondary N) is 1. The molecule has 0 bridgehead atoms. The molecule has 3 rings (SSSR count). The van der Waals surface area contributed by atoms with Gasteiger partial charge in [0.25, 0.3) is 0 Å². The van der Waals surface area contributed by atoms with Crippen molar-refractivity contribution in [3.63, 3.8) is 0 Å². The lowest BCUT2D eigenvalue weighted by atomic mass is 9.94. The quantitative estimate of drug-likeness (QED) is 0.315. The SMILES string of the molecule is O=C(CCCSc1nc2c(c(C(F)(F)F)n1)CCCC2)Nc1cc(Cl)ccc1Cl. The summed E-state index contributed by atoms with van der Waals surface area (Å²) in [5, 5.41) is 3.61. The third kappa shape index (κ3) is 5.99. The summed E-state index contributed by atoms with van der Waals surface area (Å²) >= 11 is 13.0. The monoisotopic (exact) mass is 463 g/mol. The highest BCUT2D eigenvalue weighted by Crippen LogP contribution is 2.35. The zero-order valence-electron chi connectivity index (χ0n) is 15.3. The first-order chi connectivity index (χ1) is 13.7. The number of nitrogens with zero attached hydrogens (tertiary/aromatic N) is 2. The van der Waals surface area contributed by atoms with Gasteiger partial charge < -0.3 is 5.32 Å². The molecule has 10 heteroatoms. The normalized spacial score (nSPS) is 13.8. The van der Waals surface area contributed by atoms with Crippen LogP contribution in [0.5, 0.6) is 0 Å². The van der Waals surface area contributed by atoms with Crippen LogP contribution in [0.3, 0.4) is 0 Å². The number of rotatable bonds is 6. The Labute approximate surface area is 180 Å². The van der Waals surface area contributed by atoms with Crippen molar-refractivity contribution < 1.29 is 18.0 Å². The molecule has 0 spiro atoms. The molecular formula is C19H18Cl2F3N3OS. The molecule has 1 aliphatic rings. The van der Waals surface area contributed by atoms with Crippen molar-refractivity contribution in [1.82, 2.24) is 9.97 Å². The van der Waals surface area contributed by atoms with Crippen LogP contribution in [-0.2, 0) is 23.8 Å². The summed E-state index contributed by atoms with van der Waals surface area (Å²) in [5.74, 6) is 0.171. The summed E-state index contributed by atoms with van der Waals surface area (Å²) in [5.41, 5.74) is 0.322. The Balaban J connectivity index is 1.56. The molecule has 1 aromatic carbocycles. The number of fused-ring (bicyclic) bond motifs is 1. The van der Waals surface area contributed by atoms with Gasteiger partial charge >= 0.3 is 6.18 Å². The van der Waals surface area contributed by atoms with E-state index >= 15 is 0 Å². The van der Waals surface area contributed by atoms with Crippen molar-refractivity contribution in [2.45, 2.75) is 49.9 Å². The molecular weight excluding hydrogens is 446 g/mol. The molecule has 1 N–H and O–H groups in total. The first-order valence-electron chi connectivity index (χ1n) is 9.08. The minimum atomic E-state index is -4.49. The van der Waals surface area contributed by atoms with Crippen molar-refractivity contribution in [3.8, 4) is 0 Å². The number of anilines is 1. The maximum absolute atomic E-state index is 13.3. The van der Waals surface area contributed by atoms with Crippen LogP contribution in [0.25, 0.3) is 0 Å². The highest BCUT2D eigenvalue weighted by atomic mass is 35.5. The third-order valence-corrected chi connectivity index (χ3v) is 5.91. The molecule has 0 radical (unpaired) electrons. The predicted molar refractivity (Wildman–Crippen MR) is 109 cm³/mol. The molecule has 1 aliphatic carbocycles. The van der Waals surface area contributed by atoms with Crippen molar-refractivity contribution in [1.29, 1.82) is 0 Å². The lowest BCUT2D eigenvalue weighted by molar-refractivity contribution is -0.142. The number of aromatic nitrogens is 2. The summed E-state index contributed by atoms with van der Waals surface area (Å²) in [6, 6.07) is 4.75. The molecule has 0 saturated heterocycles. The van der Waals surface area contributed by atoms with Crippen LogP contribution in [0.15, 0.2) is 23.4 Å². The molecule has 0 unspecified atom stereocenters. The number of halogens is 5. The number of aryl methyl sites for hydroxylation is 1. The van der Waals surface area contributed by atoms with Crippen molar-refractivity contribution in [2.24, 2.45) is 0 Å². The summed E-state index contributed by atoms with van der Waals surface area (Å²) in [7, 11) is 0. The summed E-state index contributed by atoms with van der Waals surface area (Å²) in [6.07, 6.45) is -1.40. The second-order valence-corrected chi connectivity index (χ2v) is 8.51. The Morgan fingerprint density at radius 2 is 1.93 bits per heavy atom. The average molecular weight is 464 g/mol. The third-order valence-electron chi connectivity index (χ3n) is 4.41. The molecule has 0 atom stereocenters. The first kappa shape index (κ1) is 22.2. The van der Waals surface area contributed by atoms with Gasteiger partial charge in [0, 0.05) is 28.5 Å². The van der Waals surface area contributed by atoms with E-state index in [4.69, 9.17) is 23.2 Å². The maximum atomic E-state index is 13.3. The van der Waals surface area contributed by atoms with Crippen molar-refractivity contribution in [2.75, 3.05) is 11.1 Å². The van der Waals surface area contributed by atoms with Gasteiger partial charge in [-0.25, -0.2) is 9.97 Å². The van der Waals surface area contributed by atoms with Crippen LogP contribution in [-0.4, -0.2) is 21.6 Å². The van der Waals surface area contributed by atoms with Crippen LogP contribution in [0.4, 0.5) is 18.9 Å². The minimum absolute atomic E-state index is 0.108. The zero-order valence-corrected chi connectivity index (χ0v) is 17.6. The number of alkyl halides is 3. The molecule has 156 valence electrons. The summed E-state index contributed by atoms with van der Waals surface area (Å²) < 4.78 is 40.0. The lowest BCUT2D eigenvalue weighted by Crippen LogP contribution is -2.19. The Morgan fingerprint density at radius 1 is 1.17 bits per heavy atom. The fourth-order valence-corrected chi connectivity index (χ4v) is 4.21. The van der Waals surface area contributed by atoms with Crippen LogP contribution in [0.2, 0.25) is 10.0 Å². The van der Waals surface area contributed by atoms with Gasteiger partial charge in [0.05, 0.1) is 10.7 Å². The van der Waals surface area contributed by atoms with E-state index in [0.29, 0.717) is 46.4 Å². The van der Waals surface area contributed by atoms with E-state index in [9.17, 15) is 18.0 Å². The van der Waals surface area contributed by atoms with Gasteiger partial charge in [-0.15, -0.1) is 0 Å². The Morgan fingerprint density at radius 3 is 2.69 bits per heavy atom. The largest absolute Gasteiger partial charge is 0.433 e. The smallest absolute Gasteiger partial charge is 0.325 e. The van der Waals surface area contributed by atoms with Crippen LogP contribution in [0.1, 0.15) is 42.6 Å². The lowest BCUT2D eigenvalue weighted by Gasteiger charge is -2.20. The Bertz CT molecular complexity index is 909. The van der Waals surface area contributed by atoms with E-state index in [1.807, 2.05) is 0 Å². The second kappa shape index (κ2) is 9.53. The molecule has 1 amide bonds. The van der Waals surface area contributed by atoms with Gasteiger partial charge in [0.1, 0.15) is 0 Å². The number of amides is 1. The molecule has 2 aromatic rings. The van der Waals surface area contributed by atoms with E-state index in [-0.39, 0.29) is 23.0 Å². The molecule has 1 aromatic heterocycles. The van der Waals surface area contributed by atoms with E-state index in [1.54, 1.807) is 18.2 Å². The fourth-order valence-electron chi connectivity index (χ4n) is 3.07. The number of benzene rings is 1. The highest BCUT2D eigenvalue weighted by Gasteiger charge is 2.37. The van der Waals surface area contributed by atoms with Crippen molar-refractivity contribution >= 4 is 46.6 Å². The highest BCUT2D eigenvalue weighted by molar-refractivity contribution is 7.99. The molecule has 29 heavy (non-hydrogen) atoms. The van der Waals surface area contributed by atoms with E-state index < -0.39 is 11.9 Å². The molecule has 4 nitrogen and oxygen atoms in total. The predicted octanol–water partition coefficient (Wildman–Crippen LogP) is 6.19. The fraction of sp³-hybridized carbons (Fsp3) is 0.421. The summed E-state index contributed by atoms with van der Waals surface area (Å²) in [6.45, 7) is 0. The van der Waals surface area contributed by atoms with Gasteiger partial charge in [-0.05, 0) is 50.3 Å². The topological polar surface area (TPSA) is 54.9 Å². The molecule has 0 saturated carbocycles. The standard InChI is InChI=1S/C19H18Cl2F3N3OS/c20-11-7-8-13(21)15(10-11)25-16(28)6-3-9-29-18-26-14-5-2-1-4-12(14)17(27-18)19(22,23)24/h7-8,10H,1-6,9H2,(H,25,28). The van der Waals surface area contributed by atoms with Crippen molar-refractivity contribution in [3.05, 3.63) is 45.2 Å². The molecule has 0 fully saturated rings. The van der Waals surface area contributed by atoms with Gasteiger partial charge in [-0.2, -0.15) is 13.2 Å². The average Bonchev–Trinajstić information content (AvgIpc) is 2.66. The second-order valence-electron chi connectivity index (χ2n) is 6.61. The van der Waals surface area contributed by atoms with Crippen LogP contribution < -0.4 is 5.32 Å². The van der Waals surface area contributed by atoms with Gasteiger partial charge in [0.15, 0.2) is 10.9 Å². The Hall–Kier alpha value is -1.51. The van der Waals surface area contributed by atoms with E-state index in [1.165, 1.54) is 0 Å². The van der Waals surface area contributed by atoms with E-state index in [0.717, 1.165) is 24.6 Å². The van der Waals surface area contributed by atoms with Gasteiger partial charge in [-0.1, -0.05) is 35.0 Å². The van der Waals surface area contributed by atoms with Gasteiger partial charge in [0.2, 0.25) is 5.91 Å². The Kier molecular flexibility index (Phi) is 7.29. The number of hydrogen-bond acceptors (Lipinski definition) is 4. The van der Waals surface area contributed by atoms with Crippen LogP contribution in [0, 0.1) is 0 Å². The zero-order chi connectivity index (χ0) is 21.0.